The molecule has 1 rings (SSSR count). The first kappa shape index (κ1) is 19.1. The van der Waals surface area contributed by atoms with Crippen LogP contribution in [-0.2, 0) is 19.3 Å². The lowest BCUT2D eigenvalue weighted by atomic mass is 10.1. The highest BCUT2D eigenvalue weighted by molar-refractivity contribution is 6.60. The van der Waals surface area contributed by atoms with Crippen molar-refractivity contribution in [2.75, 3.05) is 19.8 Å². The zero-order chi connectivity index (χ0) is 16.3. The summed E-state index contributed by atoms with van der Waals surface area (Å²) in [7, 11) is -2.69. The molecule has 0 spiro atoms. The van der Waals surface area contributed by atoms with Gasteiger partial charge in [0.1, 0.15) is 0 Å². The molecule has 0 fully saturated rings. The molecule has 0 N–H and O–H groups in total. The Morgan fingerprint density at radius 3 is 1.86 bits per heavy atom. The summed E-state index contributed by atoms with van der Waals surface area (Å²) in [6.07, 6.45) is 4.77. The molecule has 0 atom stereocenters. The molecule has 1 aromatic carbocycles. The lowest BCUT2D eigenvalue weighted by Gasteiger charge is -2.30. The van der Waals surface area contributed by atoms with Gasteiger partial charge in [0.05, 0.1) is 0 Å². The second-order valence-electron chi connectivity index (χ2n) is 5.31. The average Bonchev–Trinajstić information content (AvgIpc) is 2.56. The molecule has 0 amide bonds. The Morgan fingerprint density at radius 2 is 1.41 bits per heavy atom. The molecule has 0 aliphatic heterocycles. The fourth-order valence-electron chi connectivity index (χ4n) is 2.18. The Bertz CT molecular complexity index is 412. The van der Waals surface area contributed by atoms with E-state index >= 15 is 0 Å². The maximum atomic E-state index is 6.15. The van der Waals surface area contributed by atoms with Crippen LogP contribution in [0.2, 0.25) is 0 Å². The minimum atomic E-state index is -2.69. The fourth-order valence-corrected chi connectivity index (χ4v) is 5.07. The molecule has 3 nitrogen and oxygen atoms in total. The number of benzene rings is 1. The van der Waals surface area contributed by atoms with Crippen LogP contribution in [0.1, 0.15) is 51.2 Å². The van der Waals surface area contributed by atoms with E-state index in [4.69, 9.17) is 13.3 Å². The van der Waals surface area contributed by atoms with Gasteiger partial charge in [0, 0.05) is 25.9 Å². The summed E-state index contributed by atoms with van der Waals surface area (Å²) < 4.78 is 18.4. The first-order valence-electron chi connectivity index (χ1n) is 8.33. The van der Waals surface area contributed by atoms with E-state index in [0.717, 1.165) is 24.8 Å². The van der Waals surface area contributed by atoms with E-state index in [-0.39, 0.29) is 0 Å². The maximum absolute atomic E-state index is 6.15. The molecule has 0 bridgehead atoms. The molecule has 4 heteroatoms. The predicted molar refractivity (Wildman–Crippen MR) is 94.7 cm³/mol. The van der Waals surface area contributed by atoms with Gasteiger partial charge in [0.15, 0.2) is 0 Å². The van der Waals surface area contributed by atoms with E-state index in [0.29, 0.717) is 25.9 Å². The smallest absolute Gasteiger partial charge is 0.373 e. The van der Waals surface area contributed by atoms with Gasteiger partial charge in [0.25, 0.3) is 0 Å². The van der Waals surface area contributed by atoms with E-state index in [2.05, 4.69) is 39.5 Å². The maximum Gasteiger partial charge on any atom is 0.505 e. The van der Waals surface area contributed by atoms with Crippen LogP contribution in [-0.4, -0.2) is 28.6 Å². The van der Waals surface area contributed by atoms with Crippen molar-refractivity contribution in [2.45, 2.75) is 46.1 Å². The van der Waals surface area contributed by atoms with Gasteiger partial charge in [-0.3, -0.25) is 0 Å². The highest BCUT2D eigenvalue weighted by Crippen LogP contribution is 2.21. The third-order valence-electron chi connectivity index (χ3n) is 3.26. The Hall–Kier alpha value is -0.943. The van der Waals surface area contributed by atoms with Crippen LogP contribution in [0.25, 0.3) is 6.08 Å². The monoisotopic (exact) mass is 322 g/mol. The van der Waals surface area contributed by atoms with Crippen molar-refractivity contribution in [2.24, 2.45) is 0 Å². The number of hydrogen-bond donors (Lipinski definition) is 0. The SMILES string of the molecule is C=Cc1ccccc1C[Si](OCCC)(OCCC)OCCC. The van der Waals surface area contributed by atoms with E-state index in [1.165, 1.54) is 5.56 Å². The first-order chi connectivity index (χ1) is 10.7. The van der Waals surface area contributed by atoms with Crippen molar-refractivity contribution < 1.29 is 13.3 Å². The van der Waals surface area contributed by atoms with Gasteiger partial charge in [-0.2, -0.15) is 0 Å². The zero-order valence-electron chi connectivity index (χ0n) is 14.3. The summed E-state index contributed by atoms with van der Waals surface area (Å²) in [6.45, 7) is 12.3. The topological polar surface area (TPSA) is 27.7 Å². The molecule has 0 unspecified atom stereocenters. The van der Waals surface area contributed by atoms with Crippen molar-refractivity contribution in [1.82, 2.24) is 0 Å². The Morgan fingerprint density at radius 1 is 0.909 bits per heavy atom. The highest BCUT2D eigenvalue weighted by atomic mass is 28.4. The summed E-state index contributed by atoms with van der Waals surface area (Å²) >= 11 is 0. The van der Waals surface area contributed by atoms with Crippen molar-refractivity contribution >= 4 is 14.9 Å². The normalized spacial score (nSPS) is 11.6. The summed E-state index contributed by atoms with van der Waals surface area (Å²) in [5.41, 5.74) is 2.31. The van der Waals surface area contributed by atoms with E-state index in [1.54, 1.807) is 0 Å². The number of rotatable bonds is 12. The van der Waals surface area contributed by atoms with E-state index in [1.807, 2.05) is 18.2 Å². The molecule has 0 aromatic heterocycles. The van der Waals surface area contributed by atoms with E-state index in [9.17, 15) is 0 Å². The third kappa shape index (κ3) is 6.05. The molecule has 0 aliphatic carbocycles. The summed E-state index contributed by atoms with van der Waals surface area (Å²) in [5, 5.41) is 0. The second kappa shape index (κ2) is 10.7. The molecule has 0 radical (unpaired) electrons. The quantitative estimate of drug-likeness (QED) is 0.525. The minimum absolute atomic E-state index is 0.676. The zero-order valence-corrected chi connectivity index (χ0v) is 15.3. The minimum Gasteiger partial charge on any atom is -0.373 e. The second-order valence-corrected chi connectivity index (χ2v) is 7.89. The fraction of sp³-hybridized carbons (Fsp3) is 0.556. The van der Waals surface area contributed by atoms with Crippen molar-refractivity contribution in [3.63, 3.8) is 0 Å². The summed E-state index contributed by atoms with van der Waals surface area (Å²) in [5.74, 6) is 0. The Labute approximate surface area is 136 Å². The van der Waals surface area contributed by atoms with Crippen LogP contribution in [0.4, 0.5) is 0 Å². The third-order valence-corrected chi connectivity index (χ3v) is 6.01. The van der Waals surface area contributed by atoms with Crippen LogP contribution >= 0.6 is 0 Å². The van der Waals surface area contributed by atoms with Crippen LogP contribution in [0.3, 0.4) is 0 Å². The molecule has 1 aromatic rings. The van der Waals surface area contributed by atoms with Crippen LogP contribution in [0.5, 0.6) is 0 Å². The van der Waals surface area contributed by atoms with Crippen molar-refractivity contribution in [3.8, 4) is 0 Å². The average molecular weight is 323 g/mol. The van der Waals surface area contributed by atoms with E-state index < -0.39 is 8.80 Å². The Kier molecular flexibility index (Phi) is 9.32. The summed E-state index contributed by atoms with van der Waals surface area (Å²) in [4.78, 5) is 0. The molecular weight excluding hydrogens is 292 g/mol. The van der Waals surface area contributed by atoms with Gasteiger partial charge in [-0.1, -0.05) is 57.7 Å². The van der Waals surface area contributed by atoms with Crippen LogP contribution < -0.4 is 0 Å². The van der Waals surface area contributed by atoms with Crippen molar-refractivity contribution in [1.29, 1.82) is 0 Å². The first-order valence-corrected chi connectivity index (χ1v) is 10.3. The molecule has 0 saturated heterocycles. The van der Waals surface area contributed by atoms with Crippen LogP contribution in [0.15, 0.2) is 30.8 Å². The predicted octanol–water partition coefficient (Wildman–Crippen LogP) is 4.63. The summed E-state index contributed by atoms with van der Waals surface area (Å²) in [6, 6.07) is 8.95. The molecule has 0 aliphatic rings. The van der Waals surface area contributed by atoms with Gasteiger partial charge in [-0.25, -0.2) is 0 Å². The largest absolute Gasteiger partial charge is 0.505 e. The molecule has 22 heavy (non-hydrogen) atoms. The molecule has 0 saturated carbocycles. The lowest BCUT2D eigenvalue weighted by Crippen LogP contribution is -2.49. The number of hydrogen-bond acceptors (Lipinski definition) is 3. The van der Waals surface area contributed by atoms with Gasteiger partial charge >= 0.3 is 8.80 Å². The molecule has 0 heterocycles. The van der Waals surface area contributed by atoms with Gasteiger partial charge in [0.2, 0.25) is 0 Å². The van der Waals surface area contributed by atoms with Gasteiger partial charge in [-0.15, -0.1) is 0 Å². The van der Waals surface area contributed by atoms with Gasteiger partial charge < -0.3 is 13.3 Å². The standard InChI is InChI=1S/C18H30O3Si/c1-5-13-19-22(20-14-6-2,21-15-7-3)16-18-12-10-9-11-17(18)8-4/h8-12H,4-7,13-16H2,1-3H3. The molecule has 124 valence electrons. The lowest BCUT2D eigenvalue weighted by molar-refractivity contribution is 0.0583. The van der Waals surface area contributed by atoms with Gasteiger partial charge in [-0.05, 0) is 30.4 Å². The van der Waals surface area contributed by atoms with Crippen molar-refractivity contribution in [3.05, 3.63) is 42.0 Å². The Balaban J connectivity index is 3.00. The molecular formula is C18H30O3Si. The van der Waals surface area contributed by atoms with Crippen LogP contribution in [0, 0.1) is 0 Å². The highest BCUT2D eigenvalue weighted by Gasteiger charge is 2.41.